The van der Waals surface area contributed by atoms with E-state index in [2.05, 4.69) is 10.3 Å². The van der Waals surface area contributed by atoms with Crippen LogP contribution in [0.4, 0.5) is 0 Å². The van der Waals surface area contributed by atoms with Crippen molar-refractivity contribution in [3.05, 3.63) is 65.1 Å². The predicted octanol–water partition coefficient (Wildman–Crippen LogP) is 4.26. The normalized spacial score (nSPS) is 10.5. The summed E-state index contributed by atoms with van der Waals surface area (Å²) in [7, 11) is 3.18. The molecule has 1 heterocycles. The standard InChI is InChI=1S/C21H21ClN2O4/c1-26-15-7-8-16(18(11-15)27-2)19-13-24-21(28-19)10-9-20(25)23-12-14-5-3-4-6-17(14)22/h3-8,11,13H,9-10,12H2,1-2H3,(H,23,25). The van der Waals surface area contributed by atoms with E-state index < -0.39 is 0 Å². The highest BCUT2D eigenvalue weighted by Crippen LogP contribution is 2.33. The molecule has 0 bridgehead atoms. The van der Waals surface area contributed by atoms with E-state index in [1.54, 1.807) is 32.5 Å². The van der Waals surface area contributed by atoms with Crippen molar-refractivity contribution in [3.63, 3.8) is 0 Å². The molecule has 1 aromatic heterocycles. The van der Waals surface area contributed by atoms with Crippen molar-refractivity contribution in [3.8, 4) is 22.8 Å². The Bertz CT molecular complexity index is 955. The summed E-state index contributed by atoms with van der Waals surface area (Å²) in [6, 6.07) is 12.9. The molecule has 0 saturated heterocycles. The van der Waals surface area contributed by atoms with Gasteiger partial charge in [0.25, 0.3) is 0 Å². The number of methoxy groups -OCH3 is 2. The van der Waals surface area contributed by atoms with E-state index in [0.29, 0.717) is 41.1 Å². The molecule has 1 amide bonds. The van der Waals surface area contributed by atoms with Gasteiger partial charge in [0.2, 0.25) is 5.91 Å². The number of rotatable bonds is 8. The Morgan fingerprint density at radius 1 is 1.18 bits per heavy atom. The fourth-order valence-electron chi connectivity index (χ4n) is 2.70. The Kier molecular flexibility index (Phi) is 6.55. The van der Waals surface area contributed by atoms with Crippen LogP contribution in [0.1, 0.15) is 17.9 Å². The highest BCUT2D eigenvalue weighted by Gasteiger charge is 2.14. The lowest BCUT2D eigenvalue weighted by Crippen LogP contribution is -2.23. The maximum absolute atomic E-state index is 12.1. The van der Waals surface area contributed by atoms with Crippen LogP contribution in [0.5, 0.6) is 11.5 Å². The lowest BCUT2D eigenvalue weighted by Gasteiger charge is -2.08. The first-order valence-corrected chi connectivity index (χ1v) is 9.15. The SMILES string of the molecule is COc1ccc(-c2cnc(CCC(=O)NCc3ccccc3Cl)o2)c(OC)c1. The third kappa shape index (κ3) is 4.84. The molecule has 7 heteroatoms. The second-order valence-corrected chi connectivity index (χ2v) is 6.46. The number of hydrogen-bond donors (Lipinski definition) is 1. The maximum Gasteiger partial charge on any atom is 0.220 e. The van der Waals surface area contributed by atoms with Gasteiger partial charge in [-0.1, -0.05) is 29.8 Å². The van der Waals surface area contributed by atoms with Gasteiger partial charge in [-0.15, -0.1) is 0 Å². The molecule has 0 aliphatic rings. The van der Waals surface area contributed by atoms with Crippen LogP contribution in [0, 0.1) is 0 Å². The predicted molar refractivity (Wildman–Crippen MR) is 107 cm³/mol. The van der Waals surface area contributed by atoms with E-state index in [0.717, 1.165) is 11.1 Å². The van der Waals surface area contributed by atoms with Crippen molar-refractivity contribution in [2.75, 3.05) is 14.2 Å². The third-order valence-electron chi connectivity index (χ3n) is 4.23. The number of amides is 1. The van der Waals surface area contributed by atoms with E-state index in [1.165, 1.54) is 0 Å². The van der Waals surface area contributed by atoms with Gasteiger partial charge in [-0.3, -0.25) is 4.79 Å². The fourth-order valence-corrected chi connectivity index (χ4v) is 2.90. The zero-order valence-electron chi connectivity index (χ0n) is 15.7. The number of nitrogens with zero attached hydrogens (tertiary/aromatic N) is 1. The highest BCUT2D eigenvalue weighted by molar-refractivity contribution is 6.31. The average Bonchev–Trinajstić information content (AvgIpc) is 3.20. The molecule has 0 unspecified atom stereocenters. The first-order chi connectivity index (χ1) is 13.6. The van der Waals surface area contributed by atoms with E-state index in [1.807, 2.05) is 30.3 Å². The Balaban J connectivity index is 1.58. The van der Waals surface area contributed by atoms with Gasteiger partial charge in [0.05, 0.1) is 26.0 Å². The number of ether oxygens (including phenoxy) is 2. The van der Waals surface area contributed by atoms with Crippen LogP contribution in [-0.2, 0) is 17.8 Å². The van der Waals surface area contributed by atoms with Crippen molar-refractivity contribution in [1.29, 1.82) is 0 Å². The van der Waals surface area contributed by atoms with Gasteiger partial charge < -0.3 is 19.2 Å². The molecule has 0 aliphatic heterocycles. The Morgan fingerprint density at radius 3 is 2.75 bits per heavy atom. The molecule has 6 nitrogen and oxygen atoms in total. The highest BCUT2D eigenvalue weighted by atomic mass is 35.5. The monoisotopic (exact) mass is 400 g/mol. The van der Waals surface area contributed by atoms with Crippen molar-refractivity contribution in [2.45, 2.75) is 19.4 Å². The lowest BCUT2D eigenvalue weighted by atomic mass is 10.1. The minimum atomic E-state index is -0.0957. The topological polar surface area (TPSA) is 73.6 Å². The smallest absolute Gasteiger partial charge is 0.220 e. The van der Waals surface area contributed by atoms with E-state index in [9.17, 15) is 4.79 Å². The second-order valence-electron chi connectivity index (χ2n) is 6.05. The molecular formula is C21H21ClN2O4. The van der Waals surface area contributed by atoms with E-state index in [-0.39, 0.29) is 12.3 Å². The molecule has 0 saturated carbocycles. The molecule has 3 rings (SSSR count). The van der Waals surface area contributed by atoms with Crippen LogP contribution >= 0.6 is 11.6 Å². The van der Waals surface area contributed by atoms with Crippen LogP contribution in [0.15, 0.2) is 53.1 Å². The summed E-state index contributed by atoms with van der Waals surface area (Å²) in [4.78, 5) is 16.4. The number of oxazole rings is 1. The van der Waals surface area contributed by atoms with Gasteiger partial charge in [0.15, 0.2) is 11.7 Å². The van der Waals surface area contributed by atoms with Crippen molar-refractivity contribution in [1.82, 2.24) is 10.3 Å². The van der Waals surface area contributed by atoms with Crippen molar-refractivity contribution < 1.29 is 18.7 Å². The number of benzene rings is 2. The first-order valence-electron chi connectivity index (χ1n) is 8.78. The fraction of sp³-hybridized carbons (Fsp3) is 0.238. The summed E-state index contributed by atoms with van der Waals surface area (Å²) < 4.78 is 16.4. The largest absolute Gasteiger partial charge is 0.497 e. The third-order valence-corrected chi connectivity index (χ3v) is 4.60. The molecule has 1 N–H and O–H groups in total. The van der Waals surface area contributed by atoms with Crippen LogP contribution in [-0.4, -0.2) is 25.1 Å². The molecule has 0 radical (unpaired) electrons. The molecule has 0 spiro atoms. The van der Waals surface area contributed by atoms with Crippen molar-refractivity contribution in [2.24, 2.45) is 0 Å². The summed E-state index contributed by atoms with van der Waals surface area (Å²) in [5, 5.41) is 3.49. The number of aromatic nitrogens is 1. The molecule has 0 aliphatic carbocycles. The number of aryl methyl sites for hydroxylation is 1. The number of hydrogen-bond acceptors (Lipinski definition) is 5. The molecule has 3 aromatic rings. The van der Waals surface area contributed by atoms with Gasteiger partial charge in [-0.2, -0.15) is 0 Å². The molecular weight excluding hydrogens is 380 g/mol. The van der Waals surface area contributed by atoms with Crippen LogP contribution in [0.2, 0.25) is 5.02 Å². The summed E-state index contributed by atoms with van der Waals surface area (Å²) in [6.45, 7) is 0.387. The van der Waals surface area contributed by atoms with E-state index in [4.69, 9.17) is 25.5 Å². The van der Waals surface area contributed by atoms with Gasteiger partial charge in [0.1, 0.15) is 11.5 Å². The number of carbonyl (C=O) groups excluding carboxylic acids is 1. The molecule has 0 fully saturated rings. The summed E-state index contributed by atoms with van der Waals surface area (Å²) in [5.74, 6) is 2.28. The Morgan fingerprint density at radius 2 is 2.00 bits per heavy atom. The lowest BCUT2D eigenvalue weighted by molar-refractivity contribution is -0.121. The van der Waals surface area contributed by atoms with Gasteiger partial charge in [-0.05, 0) is 23.8 Å². The Hall–Kier alpha value is -2.99. The van der Waals surface area contributed by atoms with Crippen LogP contribution < -0.4 is 14.8 Å². The molecule has 146 valence electrons. The molecule has 28 heavy (non-hydrogen) atoms. The van der Waals surface area contributed by atoms with Crippen LogP contribution in [0.25, 0.3) is 11.3 Å². The molecule has 2 aromatic carbocycles. The summed E-state index contributed by atoms with van der Waals surface area (Å²) in [6.07, 6.45) is 2.29. The van der Waals surface area contributed by atoms with Gasteiger partial charge >= 0.3 is 0 Å². The summed E-state index contributed by atoms with van der Waals surface area (Å²) in [5.41, 5.74) is 1.65. The number of nitrogens with one attached hydrogen (secondary N) is 1. The first kappa shape index (κ1) is 19.8. The maximum atomic E-state index is 12.1. The molecule has 0 atom stereocenters. The summed E-state index contributed by atoms with van der Waals surface area (Å²) >= 11 is 6.09. The number of halogens is 1. The van der Waals surface area contributed by atoms with E-state index >= 15 is 0 Å². The zero-order valence-corrected chi connectivity index (χ0v) is 16.5. The second kappa shape index (κ2) is 9.28. The minimum absolute atomic E-state index is 0.0957. The minimum Gasteiger partial charge on any atom is -0.497 e. The quantitative estimate of drug-likeness (QED) is 0.611. The van der Waals surface area contributed by atoms with Crippen LogP contribution in [0.3, 0.4) is 0 Å². The van der Waals surface area contributed by atoms with Gasteiger partial charge in [-0.25, -0.2) is 4.98 Å². The van der Waals surface area contributed by atoms with Crippen molar-refractivity contribution >= 4 is 17.5 Å². The number of carbonyl (C=O) groups is 1. The average molecular weight is 401 g/mol. The zero-order chi connectivity index (χ0) is 19.9. The van der Waals surface area contributed by atoms with Gasteiger partial charge in [0, 0.05) is 30.5 Å². The Labute approximate surface area is 168 Å².